The number of H-pyrrole nitrogens is 1. The summed E-state index contributed by atoms with van der Waals surface area (Å²) in [4.78, 5) is 32.1. The summed E-state index contributed by atoms with van der Waals surface area (Å²) in [5.41, 5.74) is -1.11. The Kier molecular flexibility index (Phi) is 6.73. The minimum Gasteiger partial charge on any atom is -0.369 e. The molecule has 0 radical (unpaired) electrons. The lowest BCUT2D eigenvalue weighted by Gasteiger charge is -2.42. The van der Waals surface area contributed by atoms with Gasteiger partial charge in [-0.15, -0.1) is 0 Å². The maximum atomic E-state index is 14.2. The molecule has 2 aliphatic carbocycles. The molecule has 1 saturated heterocycles. The van der Waals surface area contributed by atoms with Crippen LogP contribution in [0.25, 0.3) is 11.3 Å². The van der Waals surface area contributed by atoms with E-state index < -0.39 is 23.1 Å². The lowest BCUT2D eigenvalue weighted by atomic mass is 9.81. The molecule has 2 N–H and O–H groups in total. The van der Waals surface area contributed by atoms with Gasteiger partial charge in [-0.1, -0.05) is 0 Å². The van der Waals surface area contributed by atoms with Crippen molar-refractivity contribution in [1.82, 2.24) is 25.4 Å². The number of ether oxygens (including phenoxy) is 1. The molecule has 12 heteroatoms. The second-order valence-electron chi connectivity index (χ2n) is 10.8. The number of halogens is 4. The Bertz CT molecular complexity index is 1220. The number of pyridine rings is 1. The SMILES string of the molecule is CO[C@]1(C(F)(F)F)CC[C@H](NC(=O)[C@H]2CCN(C(=O)c3cc(-c4cc(C)ncc4F)[nH]n3)C3(CC3)C2)CC1. The van der Waals surface area contributed by atoms with E-state index in [0.29, 0.717) is 30.8 Å². The summed E-state index contributed by atoms with van der Waals surface area (Å²) in [5, 5.41) is 9.82. The van der Waals surface area contributed by atoms with Crippen LogP contribution in [-0.4, -0.2) is 68.9 Å². The number of carbonyl (C=O) groups excluding carboxylic acids is 2. The zero-order chi connectivity index (χ0) is 27.3. The van der Waals surface area contributed by atoms with Gasteiger partial charge in [0.05, 0.1) is 11.9 Å². The molecule has 1 aliphatic heterocycles. The van der Waals surface area contributed by atoms with Gasteiger partial charge in [-0.25, -0.2) is 4.39 Å². The minimum atomic E-state index is -4.45. The normalized spacial score (nSPS) is 26.8. The average molecular weight is 538 g/mol. The molecule has 3 heterocycles. The zero-order valence-corrected chi connectivity index (χ0v) is 21.3. The van der Waals surface area contributed by atoms with E-state index in [2.05, 4.69) is 20.5 Å². The van der Waals surface area contributed by atoms with Crippen molar-refractivity contribution in [3.63, 3.8) is 0 Å². The highest BCUT2D eigenvalue weighted by atomic mass is 19.4. The monoisotopic (exact) mass is 537 g/mol. The van der Waals surface area contributed by atoms with Gasteiger partial charge >= 0.3 is 6.18 Å². The number of piperidine rings is 1. The molecule has 1 atom stereocenters. The van der Waals surface area contributed by atoms with Gasteiger partial charge in [0.15, 0.2) is 17.1 Å². The number of nitrogens with zero attached hydrogens (tertiary/aromatic N) is 3. The molecule has 2 amide bonds. The number of nitrogens with one attached hydrogen (secondary N) is 2. The minimum absolute atomic E-state index is 0.170. The van der Waals surface area contributed by atoms with Crippen LogP contribution in [0.2, 0.25) is 0 Å². The van der Waals surface area contributed by atoms with E-state index in [9.17, 15) is 27.2 Å². The summed E-state index contributed by atoms with van der Waals surface area (Å²) < 4.78 is 59.4. The summed E-state index contributed by atoms with van der Waals surface area (Å²) >= 11 is 0. The third-order valence-electron chi connectivity index (χ3n) is 8.47. The number of aromatic amines is 1. The van der Waals surface area contributed by atoms with Crippen LogP contribution in [0.5, 0.6) is 0 Å². The molecule has 1 spiro atoms. The van der Waals surface area contributed by atoms with Gasteiger partial charge in [-0.05, 0) is 70.4 Å². The van der Waals surface area contributed by atoms with Crippen molar-refractivity contribution < 1.29 is 31.9 Å². The summed E-state index contributed by atoms with van der Waals surface area (Å²) in [6, 6.07) is 2.77. The summed E-state index contributed by atoms with van der Waals surface area (Å²) in [6.45, 7) is 2.11. The van der Waals surface area contributed by atoms with Crippen LogP contribution >= 0.6 is 0 Å². The van der Waals surface area contributed by atoms with Crippen LogP contribution in [0.1, 0.15) is 67.5 Å². The van der Waals surface area contributed by atoms with E-state index >= 15 is 0 Å². The number of rotatable bonds is 5. The van der Waals surface area contributed by atoms with Crippen LogP contribution in [-0.2, 0) is 9.53 Å². The van der Waals surface area contributed by atoms with Gasteiger partial charge in [0, 0.05) is 42.4 Å². The van der Waals surface area contributed by atoms with Gasteiger partial charge in [0.2, 0.25) is 5.91 Å². The molecular weight excluding hydrogens is 506 g/mol. The molecule has 2 aromatic heterocycles. The van der Waals surface area contributed by atoms with E-state index in [1.54, 1.807) is 17.9 Å². The van der Waals surface area contributed by atoms with Gasteiger partial charge < -0.3 is 15.0 Å². The van der Waals surface area contributed by atoms with Crippen molar-refractivity contribution in [3.8, 4) is 11.3 Å². The fourth-order valence-corrected chi connectivity index (χ4v) is 5.96. The van der Waals surface area contributed by atoms with Crippen molar-refractivity contribution in [2.45, 2.75) is 81.6 Å². The number of amides is 2. The quantitative estimate of drug-likeness (QED) is 0.554. The van der Waals surface area contributed by atoms with Gasteiger partial charge in [0.25, 0.3) is 5.91 Å². The standard InChI is InChI=1S/C26H31F4N5O3/c1-15-11-18(19(27)14-31-15)20-12-21(34-33-20)23(37)35-10-5-16(13-24(35)8-9-24)22(36)32-17-3-6-25(38-2,7-4-17)26(28,29)30/h11-12,14,16-17H,3-10,13H2,1-2H3,(H,32,36)(H,33,34)/t16-,17-,25+/m0/s1. The highest BCUT2D eigenvalue weighted by Gasteiger charge is 2.57. The number of methoxy groups -OCH3 is 1. The maximum absolute atomic E-state index is 14.2. The number of carbonyl (C=O) groups is 2. The van der Waals surface area contributed by atoms with Crippen molar-refractivity contribution in [2.24, 2.45) is 5.92 Å². The first-order valence-corrected chi connectivity index (χ1v) is 12.9. The number of hydrogen-bond donors (Lipinski definition) is 2. The Hall–Kier alpha value is -3.02. The van der Waals surface area contributed by atoms with Crippen molar-refractivity contribution in [2.75, 3.05) is 13.7 Å². The zero-order valence-electron chi connectivity index (χ0n) is 21.3. The maximum Gasteiger partial charge on any atom is 0.417 e. The molecule has 2 saturated carbocycles. The third kappa shape index (κ3) is 4.78. The largest absolute Gasteiger partial charge is 0.417 e. The molecular formula is C26H31F4N5O3. The fourth-order valence-electron chi connectivity index (χ4n) is 5.96. The molecule has 206 valence electrons. The van der Waals surface area contributed by atoms with Gasteiger partial charge in [0.1, 0.15) is 0 Å². The lowest BCUT2D eigenvalue weighted by Crippen LogP contribution is -2.54. The second-order valence-corrected chi connectivity index (χ2v) is 10.8. The van der Waals surface area contributed by atoms with E-state index in [0.717, 1.165) is 26.1 Å². The van der Waals surface area contributed by atoms with E-state index in [1.807, 2.05) is 0 Å². The Balaban J connectivity index is 1.20. The number of hydrogen-bond acceptors (Lipinski definition) is 5. The molecule has 8 nitrogen and oxygen atoms in total. The first-order valence-electron chi connectivity index (χ1n) is 12.9. The van der Waals surface area contributed by atoms with E-state index in [-0.39, 0.29) is 60.7 Å². The van der Waals surface area contributed by atoms with Crippen molar-refractivity contribution in [1.29, 1.82) is 0 Å². The lowest BCUT2D eigenvalue weighted by molar-refractivity contribution is -0.280. The Morgan fingerprint density at radius 3 is 2.50 bits per heavy atom. The summed E-state index contributed by atoms with van der Waals surface area (Å²) in [7, 11) is 1.08. The molecule has 0 unspecified atom stereocenters. The molecule has 3 fully saturated rings. The fraction of sp³-hybridized carbons (Fsp3) is 0.615. The topological polar surface area (TPSA) is 100 Å². The molecule has 38 heavy (non-hydrogen) atoms. The number of likely N-dealkylation sites (tertiary alicyclic amines) is 1. The Labute approximate surface area is 217 Å². The number of alkyl halides is 3. The van der Waals surface area contributed by atoms with Crippen LogP contribution in [0.4, 0.5) is 17.6 Å². The molecule has 3 aliphatic rings. The van der Waals surface area contributed by atoms with Crippen LogP contribution in [0.3, 0.4) is 0 Å². The van der Waals surface area contributed by atoms with Gasteiger partial charge in [-0.3, -0.25) is 19.7 Å². The van der Waals surface area contributed by atoms with Crippen molar-refractivity contribution in [3.05, 3.63) is 35.5 Å². The Morgan fingerprint density at radius 1 is 1.16 bits per heavy atom. The highest BCUT2D eigenvalue weighted by molar-refractivity contribution is 5.94. The molecule has 5 rings (SSSR count). The average Bonchev–Trinajstić information content (AvgIpc) is 3.46. The first kappa shape index (κ1) is 26.6. The smallest absolute Gasteiger partial charge is 0.369 e. The van der Waals surface area contributed by atoms with E-state index in [4.69, 9.17) is 4.74 Å². The number of aromatic nitrogens is 3. The summed E-state index contributed by atoms with van der Waals surface area (Å²) in [6.07, 6.45) is -0.835. The highest BCUT2D eigenvalue weighted by Crippen LogP contribution is 2.51. The van der Waals surface area contributed by atoms with E-state index in [1.165, 1.54) is 6.07 Å². The molecule has 0 bridgehead atoms. The summed E-state index contributed by atoms with van der Waals surface area (Å²) in [5.74, 6) is -1.28. The molecule has 0 aromatic carbocycles. The van der Waals surface area contributed by atoms with Crippen molar-refractivity contribution >= 4 is 11.8 Å². The number of aryl methyl sites for hydroxylation is 1. The van der Waals surface area contributed by atoms with Crippen LogP contribution < -0.4 is 5.32 Å². The predicted octanol–water partition coefficient (Wildman–Crippen LogP) is 4.31. The predicted molar refractivity (Wildman–Crippen MR) is 128 cm³/mol. The van der Waals surface area contributed by atoms with Gasteiger partial charge in [-0.2, -0.15) is 18.3 Å². The molecule has 2 aromatic rings. The first-order chi connectivity index (χ1) is 18.0. The van der Waals surface area contributed by atoms with Crippen LogP contribution in [0.15, 0.2) is 18.3 Å². The second kappa shape index (κ2) is 9.62. The van der Waals surface area contributed by atoms with Crippen LogP contribution in [0, 0.1) is 18.7 Å². The third-order valence-corrected chi connectivity index (χ3v) is 8.47. The Morgan fingerprint density at radius 2 is 1.87 bits per heavy atom.